The molecule has 1 aliphatic carbocycles. The maximum atomic E-state index is 4.57. The van der Waals surface area contributed by atoms with E-state index in [4.69, 9.17) is 0 Å². The zero-order chi connectivity index (χ0) is 13.4. The van der Waals surface area contributed by atoms with Crippen LogP contribution in [0, 0.1) is 13.8 Å². The fraction of sp³-hybridized carbons (Fsp3) is 0.500. The van der Waals surface area contributed by atoms with Gasteiger partial charge in [-0.25, -0.2) is 9.97 Å². The van der Waals surface area contributed by atoms with Gasteiger partial charge in [-0.05, 0) is 39.5 Å². The molecule has 5 nitrogen and oxygen atoms in total. The minimum atomic E-state index is 0.838. The lowest BCUT2D eigenvalue weighted by atomic mass is 9.96. The number of nitrogens with one attached hydrogen (secondary N) is 1. The Kier molecular flexibility index (Phi) is 2.97. The van der Waals surface area contributed by atoms with Crippen LogP contribution >= 0.6 is 0 Å². The van der Waals surface area contributed by atoms with Crippen LogP contribution < -0.4 is 5.32 Å². The summed E-state index contributed by atoms with van der Waals surface area (Å²) in [7, 11) is 1.95. The van der Waals surface area contributed by atoms with Crippen molar-refractivity contribution in [1.29, 1.82) is 0 Å². The van der Waals surface area contributed by atoms with Gasteiger partial charge in [-0.1, -0.05) is 0 Å². The summed E-state index contributed by atoms with van der Waals surface area (Å²) in [5, 5.41) is 7.69. The Labute approximate surface area is 113 Å². The summed E-state index contributed by atoms with van der Waals surface area (Å²) in [5.41, 5.74) is 4.62. The van der Waals surface area contributed by atoms with Gasteiger partial charge in [0.05, 0.1) is 17.6 Å². The summed E-state index contributed by atoms with van der Waals surface area (Å²) in [4.78, 5) is 9.14. The van der Waals surface area contributed by atoms with Crippen molar-refractivity contribution in [3.05, 3.63) is 29.0 Å². The molecule has 0 aliphatic heterocycles. The standard InChI is InChI=1S/C14H19N5/c1-9-13(8-15-19(9)3)18-14-11-6-4-5-7-12(11)16-10(2)17-14/h8H,4-7H2,1-3H3,(H,16,17,18). The lowest BCUT2D eigenvalue weighted by molar-refractivity contribution is 0.660. The Morgan fingerprint density at radius 2 is 1.95 bits per heavy atom. The highest BCUT2D eigenvalue weighted by Gasteiger charge is 2.17. The van der Waals surface area contributed by atoms with Crippen molar-refractivity contribution in [3.63, 3.8) is 0 Å². The first-order valence-electron chi connectivity index (χ1n) is 6.77. The lowest BCUT2D eigenvalue weighted by Crippen LogP contribution is -2.12. The van der Waals surface area contributed by atoms with Crippen molar-refractivity contribution in [2.45, 2.75) is 39.5 Å². The molecule has 100 valence electrons. The second-order valence-electron chi connectivity index (χ2n) is 5.14. The quantitative estimate of drug-likeness (QED) is 0.897. The molecule has 0 aromatic carbocycles. The largest absolute Gasteiger partial charge is 0.337 e. The molecule has 0 fully saturated rings. The minimum absolute atomic E-state index is 0.838. The van der Waals surface area contributed by atoms with E-state index in [1.807, 2.05) is 24.9 Å². The van der Waals surface area contributed by atoms with Gasteiger partial charge in [0.15, 0.2) is 0 Å². The van der Waals surface area contributed by atoms with E-state index >= 15 is 0 Å². The van der Waals surface area contributed by atoms with Crippen LogP contribution in [0.5, 0.6) is 0 Å². The van der Waals surface area contributed by atoms with E-state index in [1.165, 1.54) is 24.1 Å². The monoisotopic (exact) mass is 257 g/mol. The zero-order valence-electron chi connectivity index (χ0n) is 11.7. The van der Waals surface area contributed by atoms with Gasteiger partial charge in [0.2, 0.25) is 0 Å². The van der Waals surface area contributed by atoms with Crippen molar-refractivity contribution >= 4 is 11.5 Å². The number of aryl methyl sites for hydroxylation is 3. The number of aromatic nitrogens is 4. The van der Waals surface area contributed by atoms with E-state index in [9.17, 15) is 0 Å². The van der Waals surface area contributed by atoms with Crippen LogP contribution in [0.25, 0.3) is 0 Å². The van der Waals surface area contributed by atoms with Gasteiger partial charge in [-0.15, -0.1) is 0 Å². The molecular weight excluding hydrogens is 238 g/mol. The normalized spacial score (nSPS) is 14.3. The smallest absolute Gasteiger partial charge is 0.137 e. The number of anilines is 2. The highest BCUT2D eigenvalue weighted by atomic mass is 15.3. The molecule has 2 aromatic heterocycles. The van der Waals surface area contributed by atoms with Gasteiger partial charge in [0, 0.05) is 18.3 Å². The van der Waals surface area contributed by atoms with Crippen LogP contribution in [0.4, 0.5) is 11.5 Å². The average molecular weight is 257 g/mol. The van der Waals surface area contributed by atoms with Gasteiger partial charge in [-0.2, -0.15) is 5.10 Å². The summed E-state index contributed by atoms with van der Waals surface area (Å²) < 4.78 is 1.86. The highest BCUT2D eigenvalue weighted by Crippen LogP contribution is 2.28. The molecule has 0 spiro atoms. The Bertz CT molecular complexity index is 615. The zero-order valence-corrected chi connectivity index (χ0v) is 11.7. The Morgan fingerprint density at radius 3 is 2.68 bits per heavy atom. The van der Waals surface area contributed by atoms with Crippen LogP contribution in [-0.2, 0) is 19.9 Å². The second kappa shape index (κ2) is 4.64. The van der Waals surface area contributed by atoms with Gasteiger partial charge in [0.1, 0.15) is 11.6 Å². The fourth-order valence-corrected chi connectivity index (χ4v) is 2.57. The molecular formula is C14H19N5. The molecule has 0 atom stereocenters. The van der Waals surface area contributed by atoms with Crippen LogP contribution in [-0.4, -0.2) is 19.7 Å². The van der Waals surface area contributed by atoms with Crippen LogP contribution in [0.1, 0.15) is 35.6 Å². The second-order valence-corrected chi connectivity index (χ2v) is 5.14. The van der Waals surface area contributed by atoms with Crippen molar-refractivity contribution in [2.75, 3.05) is 5.32 Å². The third-order valence-corrected chi connectivity index (χ3v) is 3.78. The fourth-order valence-electron chi connectivity index (χ4n) is 2.57. The van der Waals surface area contributed by atoms with Crippen molar-refractivity contribution in [2.24, 2.45) is 7.05 Å². The molecule has 5 heteroatoms. The van der Waals surface area contributed by atoms with Gasteiger partial charge in [0.25, 0.3) is 0 Å². The first-order valence-corrected chi connectivity index (χ1v) is 6.77. The molecule has 1 N–H and O–H groups in total. The molecule has 0 saturated carbocycles. The minimum Gasteiger partial charge on any atom is -0.337 e. The topological polar surface area (TPSA) is 55.6 Å². The van der Waals surface area contributed by atoms with E-state index < -0.39 is 0 Å². The summed E-state index contributed by atoms with van der Waals surface area (Å²) in [6.45, 7) is 4.01. The highest BCUT2D eigenvalue weighted by molar-refractivity contribution is 5.61. The predicted octanol–water partition coefficient (Wildman–Crippen LogP) is 2.45. The molecule has 0 amide bonds. The molecule has 0 unspecified atom stereocenters. The van der Waals surface area contributed by atoms with E-state index in [1.54, 1.807) is 0 Å². The molecule has 1 aliphatic rings. The molecule has 0 radical (unpaired) electrons. The number of fused-ring (bicyclic) bond motifs is 1. The Hall–Kier alpha value is -1.91. The van der Waals surface area contributed by atoms with E-state index in [0.717, 1.165) is 35.9 Å². The third-order valence-electron chi connectivity index (χ3n) is 3.78. The third kappa shape index (κ3) is 2.20. The first-order chi connectivity index (χ1) is 9.15. The van der Waals surface area contributed by atoms with Crippen LogP contribution in [0.2, 0.25) is 0 Å². The van der Waals surface area contributed by atoms with Gasteiger partial charge >= 0.3 is 0 Å². The van der Waals surface area contributed by atoms with Gasteiger partial charge in [-0.3, -0.25) is 4.68 Å². The van der Waals surface area contributed by atoms with E-state index in [2.05, 4.69) is 27.3 Å². The number of hydrogen-bond acceptors (Lipinski definition) is 4. The molecule has 2 heterocycles. The first kappa shape index (κ1) is 12.1. The van der Waals surface area contributed by atoms with Crippen molar-refractivity contribution in [1.82, 2.24) is 19.7 Å². The maximum Gasteiger partial charge on any atom is 0.137 e. The lowest BCUT2D eigenvalue weighted by Gasteiger charge is -2.19. The molecule has 3 rings (SSSR count). The Balaban J connectivity index is 2.00. The molecule has 0 saturated heterocycles. The van der Waals surface area contributed by atoms with Crippen molar-refractivity contribution < 1.29 is 0 Å². The Morgan fingerprint density at radius 1 is 1.16 bits per heavy atom. The summed E-state index contributed by atoms with van der Waals surface area (Å²) in [5.74, 6) is 1.79. The van der Waals surface area contributed by atoms with Crippen LogP contribution in [0.3, 0.4) is 0 Å². The van der Waals surface area contributed by atoms with E-state index in [-0.39, 0.29) is 0 Å². The summed E-state index contributed by atoms with van der Waals surface area (Å²) in [6, 6.07) is 0. The SMILES string of the molecule is Cc1nc2c(c(Nc3cnn(C)c3C)n1)CCCC2. The van der Waals surface area contributed by atoms with Crippen molar-refractivity contribution in [3.8, 4) is 0 Å². The number of rotatable bonds is 2. The molecule has 19 heavy (non-hydrogen) atoms. The maximum absolute atomic E-state index is 4.57. The summed E-state index contributed by atoms with van der Waals surface area (Å²) >= 11 is 0. The number of hydrogen-bond donors (Lipinski definition) is 1. The predicted molar refractivity (Wildman–Crippen MR) is 74.6 cm³/mol. The van der Waals surface area contributed by atoms with E-state index in [0.29, 0.717) is 0 Å². The van der Waals surface area contributed by atoms with Crippen LogP contribution in [0.15, 0.2) is 6.20 Å². The molecule has 2 aromatic rings. The average Bonchev–Trinajstić information content (AvgIpc) is 2.70. The van der Waals surface area contributed by atoms with Gasteiger partial charge < -0.3 is 5.32 Å². The summed E-state index contributed by atoms with van der Waals surface area (Å²) in [6.07, 6.45) is 6.44. The molecule has 0 bridgehead atoms. The number of nitrogens with zero attached hydrogens (tertiary/aromatic N) is 4.